The summed E-state index contributed by atoms with van der Waals surface area (Å²) in [7, 11) is 2.09. The standard InChI is InChI=1S/C69H135N3O8/c1-6-10-14-18-22-26-30-34-38-42-46-62-77-66(73)50-54-71(55-51-67(74)78-63-47-43-39-35-31-27-23-19-15-11-7-2)60-58-70(5)59-61-72(56-52-68(75)79-64-48-44-40-36-32-28-24-20-16-12-8-3)57-53-69(76)80-65-49-45-41-37-33-29-25-21-17-13-9-4/h6-65H2,1-5H3. The van der Waals surface area contributed by atoms with E-state index in [0.29, 0.717) is 65.7 Å². The van der Waals surface area contributed by atoms with Crippen molar-refractivity contribution in [1.29, 1.82) is 0 Å². The molecule has 0 fully saturated rings. The van der Waals surface area contributed by atoms with Crippen LogP contribution in [0, 0.1) is 0 Å². The Morgan fingerprint density at radius 1 is 0.225 bits per heavy atom. The van der Waals surface area contributed by atoms with Gasteiger partial charge >= 0.3 is 23.9 Å². The molecular formula is C69H135N3O8. The van der Waals surface area contributed by atoms with Crippen molar-refractivity contribution >= 4 is 23.9 Å². The number of carbonyl (C=O) groups excluding carboxylic acids is 4. The number of carbonyl (C=O) groups is 4. The first kappa shape index (κ1) is 77.8. The lowest BCUT2D eigenvalue weighted by atomic mass is 10.1. The van der Waals surface area contributed by atoms with Gasteiger partial charge in [-0.1, -0.05) is 285 Å². The Morgan fingerprint density at radius 2 is 0.388 bits per heavy atom. The monoisotopic (exact) mass is 1130 g/mol. The molecule has 0 bridgehead atoms. The van der Waals surface area contributed by atoms with Gasteiger partial charge in [0.15, 0.2) is 0 Å². The summed E-state index contributed by atoms with van der Waals surface area (Å²) in [6.45, 7) is 15.8. The SMILES string of the molecule is CCCCCCCCCCCCCOC(=O)CCN(CCC(=O)OCCCCCCCCCCCCC)CCN(C)CCN(CCC(=O)OCCCCCCCCCCCCC)CCC(=O)OCCCCCCCCCCCCC. The lowest BCUT2D eigenvalue weighted by Gasteiger charge is -2.27. The molecule has 11 heteroatoms. The van der Waals surface area contributed by atoms with Crippen molar-refractivity contribution in [2.75, 3.05) is 85.8 Å². The van der Waals surface area contributed by atoms with Gasteiger partial charge in [0.1, 0.15) is 0 Å². The van der Waals surface area contributed by atoms with Crippen LogP contribution in [0.1, 0.15) is 336 Å². The summed E-state index contributed by atoms with van der Waals surface area (Å²) >= 11 is 0. The molecule has 0 N–H and O–H groups in total. The smallest absolute Gasteiger partial charge is 0.307 e. The van der Waals surface area contributed by atoms with Crippen LogP contribution in [0.5, 0.6) is 0 Å². The lowest BCUT2D eigenvalue weighted by molar-refractivity contribution is -0.146. The Labute approximate surface area is 496 Å². The van der Waals surface area contributed by atoms with Crippen LogP contribution in [-0.2, 0) is 38.1 Å². The van der Waals surface area contributed by atoms with Gasteiger partial charge < -0.3 is 33.6 Å². The fourth-order valence-electron chi connectivity index (χ4n) is 10.5. The third kappa shape index (κ3) is 60.4. The topological polar surface area (TPSA) is 115 Å². The molecule has 0 amide bonds. The fourth-order valence-corrected chi connectivity index (χ4v) is 10.5. The van der Waals surface area contributed by atoms with Crippen molar-refractivity contribution in [2.24, 2.45) is 0 Å². The molecule has 0 saturated carbocycles. The molecule has 80 heavy (non-hydrogen) atoms. The van der Waals surface area contributed by atoms with Crippen LogP contribution < -0.4 is 0 Å². The summed E-state index contributed by atoms with van der Waals surface area (Å²) in [5.41, 5.74) is 0. The number of ether oxygens (including phenoxy) is 4. The Kier molecular flexibility index (Phi) is 62.5. The average Bonchev–Trinajstić information content (AvgIpc) is 3.45. The molecule has 0 spiro atoms. The van der Waals surface area contributed by atoms with E-state index in [-0.39, 0.29) is 49.6 Å². The minimum atomic E-state index is -0.181. The minimum Gasteiger partial charge on any atom is -0.466 e. The largest absolute Gasteiger partial charge is 0.466 e. The molecule has 0 unspecified atom stereocenters. The van der Waals surface area contributed by atoms with E-state index in [1.807, 2.05) is 0 Å². The molecule has 11 nitrogen and oxygen atoms in total. The van der Waals surface area contributed by atoms with Crippen LogP contribution in [0.2, 0.25) is 0 Å². The van der Waals surface area contributed by atoms with Crippen molar-refractivity contribution < 1.29 is 38.1 Å². The van der Waals surface area contributed by atoms with Gasteiger partial charge in [0.05, 0.1) is 52.1 Å². The molecule has 0 aliphatic heterocycles. The number of nitrogens with zero attached hydrogens (tertiary/aromatic N) is 3. The molecule has 0 heterocycles. The zero-order valence-electron chi connectivity index (χ0n) is 54.0. The van der Waals surface area contributed by atoms with E-state index in [1.165, 1.54) is 231 Å². The van der Waals surface area contributed by atoms with Crippen LogP contribution in [-0.4, -0.2) is 124 Å². The number of unbranched alkanes of at least 4 members (excludes halogenated alkanes) is 40. The first-order valence-corrected chi connectivity index (χ1v) is 35.0. The predicted molar refractivity (Wildman–Crippen MR) is 339 cm³/mol. The second-order valence-corrected chi connectivity index (χ2v) is 24.0. The Hall–Kier alpha value is -2.24. The Morgan fingerprint density at radius 3 is 0.562 bits per heavy atom. The number of esters is 4. The third-order valence-electron chi connectivity index (χ3n) is 16.2. The van der Waals surface area contributed by atoms with Gasteiger partial charge in [0.25, 0.3) is 0 Å². The van der Waals surface area contributed by atoms with E-state index in [9.17, 15) is 19.2 Å². The molecule has 0 aromatic rings. The molecule has 0 aromatic carbocycles. The summed E-state index contributed by atoms with van der Waals surface area (Å²) in [5, 5.41) is 0. The molecule has 0 rings (SSSR count). The third-order valence-corrected chi connectivity index (χ3v) is 16.2. The zero-order chi connectivity index (χ0) is 58.3. The maximum atomic E-state index is 12.9. The van der Waals surface area contributed by atoms with Crippen molar-refractivity contribution in [1.82, 2.24) is 14.7 Å². The lowest BCUT2D eigenvalue weighted by Crippen LogP contribution is -2.40. The normalized spacial score (nSPS) is 11.6. The average molecular weight is 1130 g/mol. The molecule has 0 aliphatic carbocycles. The highest BCUT2D eigenvalue weighted by Crippen LogP contribution is 2.16. The van der Waals surface area contributed by atoms with Crippen LogP contribution in [0.3, 0.4) is 0 Å². The summed E-state index contributed by atoms with van der Waals surface area (Å²) in [5.74, 6) is -0.723. The van der Waals surface area contributed by atoms with Gasteiger partial charge in [-0.25, -0.2) is 0 Å². The molecule has 0 radical (unpaired) electrons. The van der Waals surface area contributed by atoms with Crippen LogP contribution >= 0.6 is 0 Å². The van der Waals surface area contributed by atoms with Crippen molar-refractivity contribution in [3.8, 4) is 0 Å². The van der Waals surface area contributed by atoms with E-state index < -0.39 is 0 Å². The van der Waals surface area contributed by atoms with Crippen LogP contribution in [0.25, 0.3) is 0 Å². The predicted octanol–water partition coefficient (Wildman–Crippen LogP) is 18.5. The number of hydrogen-bond donors (Lipinski definition) is 0. The highest BCUT2D eigenvalue weighted by Gasteiger charge is 2.17. The second kappa shape index (κ2) is 64.3. The second-order valence-electron chi connectivity index (χ2n) is 24.0. The summed E-state index contributed by atoms with van der Waals surface area (Å²) in [4.78, 5) is 58.4. The van der Waals surface area contributed by atoms with Crippen molar-refractivity contribution in [3.63, 3.8) is 0 Å². The molecular weight excluding hydrogens is 999 g/mol. The highest BCUT2D eigenvalue weighted by atomic mass is 16.5. The van der Waals surface area contributed by atoms with E-state index in [4.69, 9.17) is 18.9 Å². The minimum absolute atomic E-state index is 0.181. The maximum absolute atomic E-state index is 12.9. The Balaban J connectivity index is 5.17. The van der Waals surface area contributed by atoms with Gasteiger partial charge in [-0.15, -0.1) is 0 Å². The van der Waals surface area contributed by atoms with Gasteiger partial charge in [0, 0.05) is 52.4 Å². The number of hydrogen-bond acceptors (Lipinski definition) is 11. The van der Waals surface area contributed by atoms with Gasteiger partial charge in [-0.3, -0.25) is 19.2 Å². The van der Waals surface area contributed by atoms with Gasteiger partial charge in [0.2, 0.25) is 0 Å². The molecule has 0 saturated heterocycles. The van der Waals surface area contributed by atoms with Gasteiger partial charge in [-0.2, -0.15) is 0 Å². The molecule has 0 aliphatic rings. The quantitative estimate of drug-likeness (QED) is 0.0329. The summed E-state index contributed by atoms with van der Waals surface area (Å²) in [6.07, 6.45) is 56.3. The maximum Gasteiger partial charge on any atom is 0.307 e. The van der Waals surface area contributed by atoms with Crippen LogP contribution in [0.4, 0.5) is 0 Å². The first-order chi connectivity index (χ1) is 39.2. The number of likely N-dealkylation sites (N-methyl/N-ethyl adjacent to an activating group) is 1. The first-order valence-electron chi connectivity index (χ1n) is 35.0. The molecule has 0 atom stereocenters. The highest BCUT2D eigenvalue weighted by molar-refractivity contribution is 5.71. The summed E-state index contributed by atoms with van der Waals surface area (Å²) in [6, 6.07) is 0. The van der Waals surface area contributed by atoms with E-state index in [1.54, 1.807) is 0 Å². The van der Waals surface area contributed by atoms with Crippen molar-refractivity contribution in [3.05, 3.63) is 0 Å². The molecule has 474 valence electrons. The van der Waals surface area contributed by atoms with E-state index in [2.05, 4.69) is 49.4 Å². The zero-order valence-corrected chi connectivity index (χ0v) is 54.0. The van der Waals surface area contributed by atoms with Crippen molar-refractivity contribution in [2.45, 2.75) is 336 Å². The number of rotatable bonds is 66. The Bertz CT molecular complexity index is 1140. The fraction of sp³-hybridized carbons (Fsp3) is 0.942. The van der Waals surface area contributed by atoms with Gasteiger partial charge in [-0.05, 0) is 32.7 Å². The summed E-state index contributed by atoms with van der Waals surface area (Å²) < 4.78 is 22.7. The van der Waals surface area contributed by atoms with E-state index in [0.717, 1.165) is 64.5 Å². The van der Waals surface area contributed by atoms with Crippen LogP contribution in [0.15, 0.2) is 0 Å². The van der Waals surface area contributed by atoms with E-state index >= 15 is 0 Å². The molecule has 0 aromatic heterocycles.